The first-order valence-corrected chi connectivity index (χ1v) is 14.9. The van der Waals surface area contributed by atoms with Crippen LogP contribution in [0.1, 0.15) is 37.7 Å². The maximum atomic E-state index is 16.6. The van der Waals surface area contributed by atoms with E-state index in [0.717, 1.165) is 38.8 Å². The lowest BCUT2D eigenvalue weighted by atomic mass is 9.95. The van der Waals surface area contributed by atoms with Crippen molar-refractivity contribution in [1.29, 1.82) is 0 Å². The van der Waals surface area contributed by atoms with Gasteiger partial charge in [-0.3, -0.25) is 14.7 Å². The first-order chi connectivity index (χ1) is 21.3. The number of halogens is 3. The number of hydrogen-bond donors (Lipinski definition) is 2. The third kappa shape index (κ3) is 4.84. The molecule has 3 aliphatic heterocycles. The number of hydrogen-bond acceptors (Lipinski definition) is 8. The van der Waals surface area contributed by atoms with Crippen molar-refractivity contribution in [3.63, 3.8) is 0 Å². The van der Waals surface area contributed by atoms with Gasteiger partial charge in [0.2, 0.25) is 5.56 Å². The number of aromatic nitrogens is 4. The number of fused-ring (bicyclic) bond motifs is 3. The van der Waals surface area contributed by atoms with E-state index < -0.39 is 28.9 Å². The average Bonchev–Trinajstić information content (AvgIpc) is 3.72. The molecule has 0 saturated carbocycles. The maximum Gasteiger partial charge on any atom is 0.319 e. The van der Waals surface area contributed by atoms with Gasteiger partial charge in [0.15, 0.2) is 5.82 Å². The van der Waals surface area contributed by atoms with Gasteiger partial charge in [-0.1, -0.05) is 12.0 Å². The number of nitrogens with one attached hydrogen (secondary N) is 2. The smallest absolute Gasteiger partial charge is 0.319 e. The molecular formula is C32H32F3N7O2. The highest BCUT2D eigenvalue weighted by Gasteiger charge is 2.49. The van der Waals surface area contributed by atoms with Crippen LogP contribution in [-0.4, -0.2) is 82.4 Å². The highest BCUT2D eigenvalue weighted by molar-refractivity contribution is 6.00. The second-order valence-corrected chi connectivity index (χ2v) is 12.1. The Labute approximate surface area is 251 Å². The summed E-state index contributed by atoms with van der Waals surface area (Å²) in [6.45, 7) is 2.88. The summed E-state index contributed by atoms with van der Waals surface area (Å²) in [5.41, 5.74) is -1.46. The molecule has 0 aliphatic carbocycles. The third-order valence-corrected chi connectivity index (χ3v) is 9.25. The number of H-pyrrole nitrogens is 1. The Kier molecular flexibility index (Phi) is 7.17. The van der Waals surface area contributed by atoms with Crippen molar-refractivity contribution in [3.05, 3.63) is 51.9 Å². The Hall–Kier alpha value is -4.21. The molecule has 9 nitrogen and oxygen atoms in total. The van der Waals surface area contributed by atoms with Crippen LogP contribution in [0.4, 0.5) is 19.0 Å². The molecule has 2 N–H and O–H groups in total. The summed E-state index contributed by atoms with van der Waals surface area (Å²) in [6, 6.07) is 4.05. The van der Waals surface area contributed by atoms with Gasteiger partial charge in [-0.25, -0.2) is 13.2 Å². The number of nitrogens with zero attached hydrogens (tertiary/aromatic N) is 5. The fraction of sp³-hybridized carbons (Fsp3) is 0.438. The van der Waals surface area contributed by atoms with Gasteiger partial charge >= 0.3 is 6.01 Å². The summed E-state index contributed by atoms with van der Waals surface area (Å²) < 4.78 is 51.9. The van der Waals surface area contributed by atoms with Gasteiger partial charge in [0, 0.05) is 50.2 Å². The molecule has 3 fully saturated rings. The number of aromatic amines is 1. The average molecular weight is 604 g/mol. The van der Waals surface area contributed by atoms with Crippen LogP contribution in [0.15, 0.2) is 29.2 Å². The van der Waals surface area contributed by atoms with E-state index in [1.807, 2.05) is 11.9 Å². The molecule has 1 aromatic carbocycles. The van der Waals surface area contributed by atoms with Crippen molar-refractivity contribution in [1.82, 2.24) is 30.2 Å². The quantitative estimate of drug-likeness (QED) is 0.307. The second-order valence-electron chi connectivity index (χ2n) is 12.1. The van der Waals surface area contributed by atoms with Gasteiger partial charge in [-0.05, 0) is 50.2 Å². The Bertz CT molecular complexity index is 1870. The van der Waals surface area contributed by atoms with E-state index in [-0.39, 0.29) is 46.5 Å². The molecule has 3 aliphatic rings. The van der Waals surface area contributed by atoms with E-state index in [1.165, 1.54) is 24.4 Å². The number of rotatable bonds is 7. The van der Waals surface area contributed by atoms with Crippen LogP contribution >= 0.6 is 0 Å². The molecule has 6 heterocycles. The topological polar surface area (TPSA) is 99.3 Å². The molecule has 0 spiro atoms. The number of alkyl halides is 1. The predicted molar refractivity (Wildman–Crippen MR) is 162 cm³/mol. The molecular weight excluding hydrogens is 571 g/mol. The van der Waals surface area contributed by atoms with Crippen LogP contribution < -0.4 is 20.5 Å². The summed E-state index contributed by atoms with van der Waals surface area (Å²) in [7, 11) is 1.86. The first-order valence-electron chi connectivity index (χ1n) is 14.9. The molecule has 0 amide bonds. The first kappa shape index (κ1) is 28.6. The largest absolute Gasteiger partial charge is 0.461 e. The zero-order valence-corrected chi connectivity index (χ0v) is 24.3. The number of ether oxygens (including phenoxy) is 1. The number of pyridine rings is 2. The molecule has 0 radical (unpaired) electrons. The van der Waals surface area contributed by atoms with Crippen LogP contribution in [0, 0.1) is 24.0 Å². The molecule has 4 aromatic rings. The summed E-state index contributed by atoms with van der Waals surface area (Å²) in [6.07, 6.45) is 10.3. The second kappa shape index (κ2) is 11.1. The lowest BCUT2D eigenvalue weighted by Gasteiger charge is -2.31. The summed E-state index contributed by atoms with van der Waals surface area (Å²) >= 11 is 0. The number of benzene rings is 1. The van der Waals surface area contributed by atoms with E-state index in [9.17, 15) is 13.6 Å². The van der Waals surface area contributed by atoms with Crippen molar-refractivity contribution in [3.8, 4) is 29.7 Å². The van der Waals surface area contributed by atoms with Gasteiger partial charge in [-0.15, -0.1) is 6.42 Å². The minimum absolute atomic E-state index is 0.0416. The SMILES string of the molecule is C#Cc1c(F)ccc2cc(=O)[nH]c(-c3ncc4c(N(C)C[C@H]5CCCN5)nc(OC[C@@]56CCCN5C[C@H](F)C6)nc4c3F)c12. The van der Waals surface area contributed by atoms with Crippen LogP contribution in [-0.2, 0) is 0 Å². The molecule has 3 aromatic heterocycles. The van der Waals surface area contributed by atoms with Crippen molar-refractivity contribution < 1.29 is 17.9 Å². The van der Waals surface area contributed by atoms with Crippen LogP contribution in [0.2, 0.25) is 0 Å². The van der Waals surface area contributed by atoms with E-state index in [1.54, 1.807) is 0 Å². The normalized spacial score (nSPS) is 23.3. The van der Waals surface area contributed by atoms with E-state index >= 15 is 4.39 Å². The fourth-order valence-corrected chi connectivity index (χ4v) is 7.19. The summed E-state index contributed by atoms with van der Waals surface area (Å²) in [5, 5.41) is 4.31. The Balaban J connectivity index is 1.36. The van der Waals surface area contributed by atoms with Gasteiger partial charge in [-0.2, -0.15) is 9.97 Å². The van der Waals surface area contributed by atoms with Crippen molar-refractivity contribution in [2.45, 2.75) is 49.9 Å². The highest BCUT2D eigenvalue weighted by Crippen LogP contribution is 2.41. The monoisotopic (exact) mass is 603 g/mol. The zero-order chi connectivity index (χ0) is 30.6. The van der Waals surface area contributed by atoms with Gasteiger partial charge in [0.25, 0.3) is 0 Å². The van der Waals surface area contributed by atoms with Crippen molar-refractivity contribution in [2.24, 2.45) is 0 Å². The lowest BCUT2D eigenvalue weighted by Crippen LogP contribution is -2.43. The van der Waals surface area contributed by atoms with Crippen LogP contribution in [0.3, 0.4) is 0 Å². The molecule has 0 bridgehead atoms. The van der Waals surface area contributed by atoms with Gasteiger partial charge in [0.05, 0.1) is 22.2 Å². The Morgan fingerprint density at radius 2 is 2.14 bits per heavy atom. The molecule has 44 heavy (non-hydrogen) atoms. The van der Waals surface area contributed by atoms with E-state index in [0.29, 0.717) is 36.1 Å². The summed E-state index contributed by atoms with van der Waals surface area (Å²) in [5.74, 6) is 1.22. The van der Waals surface area contributed by atoms with Crippen molar-refractivity contribution >= 4 is 27.5 Å². The number of likely N-dealkylation sites (N-methyl/N-ethyl adjacent to an activating group) is 1. The predicted octanol–water partition coefficient (Wildman–Crippen LogP) is 3.94. The fourth-order valence-electron chi connectivity index (χ4n) is 7.19. The van der Waals surface area contributed by atoms with Gasteiger partial charge < -0.3 is 19.9 Å². The van der Waals surface area contributed by atoms with Gasteiger partial charge in [0.1, 0.15) is 35.6 Å². The van der Waals surface area contributed by atoms with Crippen molar-refractivity contribution in [2.75, 3.05) is 44.7 Å². The Morgan fingerprint density at radius 1 is 1.27 bits per heavy atom. The zero-order valence-electron chi connectivity index (χ0n) is 24.3. The summed E-state index contributed by atoms with van der Waals surface area (Å²) in [4.78, 5) is 32.8. The number of terminal acetylenes is 1. The molecule has 3 atom stereocenters. The molecule has 3 saturated heterocycles. The highest BCUT2D eigenvalue weighted by atomic mass is 19.1. The minimum Gasteiger partial charge on any atom is -0.461 e. The van der Waals surface area contributed by atoms with Crippen LogP contribution in [0.5, 0.6) is 6.01 Å². The standard InChI is InChI=1S/C32H32F3N7O2/c1-3-21-23(34)8-7-18-12-24(43)38-28(25(18)21)29-26(35)27-22(14-37-29)30(41(2)16-20-6-4-10-36-20)40-31(39-27)44-17-32-9-5-11-42(32)15-19(33)13-32/h1,7-8,12,14,19-20,36H,4-6,9-11,13,15-17H2,2H3,(H,38,43)/t19-,20-,32+/m1/s1. The number of anilines is 1. The lowest BCUT2D eigenvalue weighted by molar-refractivity contribution is 0.107. The minimum atomic E-state index is -0.927. The van der Waals surface area contributed by atoms with E-state index in [4.69, 9.17) is 16.1 Å². The Morgan fingerprint density at radius 3 is 2.93 bits per heavy atom. The van der Waals surface area contributed by atoms with E-state index in [2.05, 4.69) is 31.1 Å². The third-order valence-electron chi connectivity index (χ3n) is 9.25. The molecule has 0 unspecified atom stereocenters. The maximum absolute atomic E-state index is 16.6. The van der Waals surface area contributed by atoms with Crippen LogP contribution in [0.25, 0.3) is 33.1 Å². The molecule has 12 heteroatoms. The molecule has 228 valence electrons. The molecule has 7 rings (SSSR count).